The van der Waals surface area contributed by atoms with Crippen molar-refractivity contribution in [2.45, 2.75) is 31.5 Å². The van der Waals surface area contributed by atoms with E-state index in [0.29, 0.717) is 10.2 Å². The fourth-order valence-corrected chi connectivity index (χ4v) is 2.48. The number of urea groups is 1. The van der Waals surface area contributed by atoms with Gasteiger partial charge < -0.3 is 5.32 Å². The molecule has 1 heterocycles. The Bertz CT molecular complexity index is 706. The molecule has 128 valence electrons. The van der Waals surface area contributed by atoms with Crippen LogP contribution in [-0.4, -0.2) is 43.9 Å². The molecule has 1 atom stereocenters. The van der Waals surface area contributed by atoms with E-state index in [2.05, 4.69) is 26.2 Å². The molecule has 0 fully saturated rings. The highest BCUT2D eigenvalue weighted by Crippen LogP contribution is 2.19. The van der Waals surface area contributed by atoms with Crippen molar-refractivity contribution in [3.63, 3.8) is 0 Å². The van der Waals surface area contributed by atoms with E-state index >= 15 is 0 Å². The lowest BCUT2D eigenvalue weighted by Gasteiger charge is -2.11. The van der Waals surface area contributed by atoms with Gasteiger partial charge in [-0.2, -0.15) is 4.68 Å². The van der Waals surface area contributed by atoms with E-state index in [0.717, 1.165) is 23.9 Å². The van der Waals surface area contributed by atoms with Gasteiger partial charge in [-0.05, 0) is 48.0 Å². The van der Waals surface area contributed by atoms with Gasteiger partial charge in [-0.3, -0.25) is 10.1 Å². The zero-order valence-electron chi connectivity index (χ0n) is 13.2. The molecule has 2 aromatic rings. The molecule has 10 heteroatoms. The molecule has 0 unspecified atom stereocenters. The zero-order valence-corrected chi connectivity index (χ0v) is 14.8. The van der Waals surface area contributed by atoms with E-state index in [1.165, 1.54) is 4.68 Å². The third-order valence-electron chi connectivity index (χ3n) is 3.09. The van der Waals surface area contributed by atoms with Gasteiger partial charge in [-0.1, -0.05) is 30.3 Å². The molecule has 0 bridgehead atoms. The highest BCUT2D eigenvalue weighted by Gasteiger charge is 2.14. The van der Waals surface area contributed by atoms with Crippen LogP contribution in [0, 0.1) is 0 Å². The maximum absolute atomic E-state index is 11.8. The van der Waals surface area contributed by atoms with E-state index in [-0.39, 0.29) is 11.8 Å². The summed E-state index contributed by atoms with van der Waals surface area (Å²) in [5.74, 6) is -0.409. The topological polar surface area (TPSA) is 102 Å². The van der Waals surface area contributed by atoms with Crippen LogP contribution in [0.15, 0.2) is 29.4 Å². The Morgan fingerprint density at radius 3 is 2.71 bits per heavy atom. The third-order valence-corrected chi connectivity index (χ3v) is 4.26. The Balaban J connectivity index is 1.91. The lowest BCUT2D eigenvalue weighted by Crippen LogP contribution is -2.43. The summed E-state index contributed by atoms with van der Waals surface area (Å²) in [6.07, 6.45) is 0.784. The number of hydrogen-bond acceptors (Lipinski definition) is 6. The van der Waals surface area contributed by atoms with E-state index in [4.69, 9.17) is 11.6 Å². The molecule has 1 aromatic carbocycles. The number of nitrogens with one attached hydrogen (secondary N) is 2. The Labute approximate surface area is 148 Å². The predicted octanol–water partition coefficient (Wildman–Crippen LogP) is 2.03. The minimum atomic E-state index is -0.507. The molecule has 3 amide bonds. The Morgan fingerprint density at radius 1 is 1.33 bits per heavy atom. The molecule has 0 aliphatic rings. The van der Waals surface area contributed by atoms with Crippen molar-refractivity contribution in [1.82, 2.24) is 30.8 Å². The number of carbonyl (C=O) groups is 2. The number of rotatable bonds is 6. The first-order chi connectivity index (χ1) is 11.5. The van der Waals surface area contributed by atoms with Crippen molar-refractivity contribution >= 4 is 35.3 Å². The number of tetrazole rings is 1. The first kappa shape index (κ1) is 18.2. The maximum Gasteiger partial charge on any atom is 0.321 e. The minimum absolute atomic E-state index is 0.00246. The molecule has 0 saturated carbocycles. The van der Waals surface area contributed by atoms with Gasteiger partial charge in [-0.15, -0.1) is 5.10 Å². The Hall–Kier alpha value is -2.13. The molecule has 2 rings (SSSR count). The van der Waals surface area contributed by atoms with Gasteiger partial charge in [0, 0.05) is 11.1 Å². The number of amides is 3. The van der Waals surface area contributed by atoms with Crippen molar-refractivity contribution in [1.29, 1.82) is 0 Å². The predicted molar refractivity (Wildman–Crippen MR) is 91.3 cm³/mol. The summed E-state index contributed by atoms with van der Waals surface area (Å²) in [7, 11) is 0. The third kappa shape index (κ3) is 5.20. The van der Waals surface area contributed by atoms with Crippen LogP contribution in [0.5, 0.6) is 0 Å². The number of halogens is 1. The normalized spacial score (nSPS) is 11.8. The highest BCUT2D eigenvalue weighted by molar-refractivity contribution is 7.99. The molecule has 24 heavy (non-hydrogen) atoms. The number of nitrogens with zero attached hydrogens (tertiary/aromatic N) is 4. The average molecular weight is 369 g/mol. The van der Waals surface area contributed by atoms with Gasteiger partial charge in [0.2, 0.25) is 11.1 Å². The smallest absolute Gasteiger partial charge is 0.321 e. The van der Waals surface area contributed by atoms with Crippen LogP contribution in [0.25, 0.3) is 5.69 Å². The van der Waals surface area contributed by atoms with Gasteiger partial charge in [0.1, 0.15) is 0 Å². The van der Waals surface area contributed by atoms with Crippen LogP contribution in [0.4, 0.5) is 4.79 Å². The van der Waals surface area contributed by atoms with E-state index in [9.17, 15) is 9.59 Å². The number of thioether (sulfide) groups is 1. The summed E-state index contributed by atoms with van der Waals surface area (Å²) in [6, 6.07) is 6.47. The number of imide groups is 1. The second kappa shape index (κ2) is 8.65. The van der Waals surface area contributed by atoms with Crippen LogP contribution in [0.1, 0.15) is 20.3 Å². The molecule has 1 aromatic heterocycles. The van der Waals surface area contributed by atoms with Crippen molar-refractivity contribution in [2.75, 3.05) is 5.75 Å². The molecule has 0 aliphatic heterocycles. The minimum Gasteiger partial charge on any atom is -0.335 e. The number of benzene rings is 1. The molecule has 2 N–H and O–H groups in total. The quantitative estimate of drug-likeness (QED) is 0.756. The fraction of sp³-hybridized carbons (Fsp3) is 0.357. The number of aromatic nitrogens is 4. The fourth-order valence-electron chi connectivity index (χ4n) is 1.67. The molecular weight excluding hydrogens is 352 g/mol. The van der Waals surface area contributed by atoms with Gasteiger partial charge >= 0.3 is 6.03 Å². The first-order valence-corrected chi connectivity index (χ1v) is 8.63. The molecule has 0 spiro atoms. The van der Waals surface area contributed by atoms with Gasteiger partial charge in [-0.25, -0.2) is 4.79 Å². The molecule has 8 nitrogen and oxygen atoms in total. The lowest BCUT2D eigenvalue weighted by atomic mass is 10.3. The highest BCUT2D eigenvalue weighted by atomic mass is 35.5. The molecule has 0 saturated heterocycles. The summed E-state index contributed by atoms with van der Waals surface area (Å²) < 4.78 is 1.49. The summed E-state index contributed by atoms with van der Waals surface area (Å²) >= 11 is 6.98. The molecule has 0 aliphatic carbocycles. The van der Waals surface area contributed by atoms with Crippen molar-refractivity contribution in [2.24, 2.45) is 0 Å². The molecule has 0 radical (unpaired) electrons. The van der Waals surface area contributed by atoms with Crippen LogP contribution in [0.2, 0.25) is 5.02 Å². The summed E-state index contributed by atoms with van der Waals surface area (Å²) in [6.45, 7) is 3.80. The van der Waals surface area contributed by atoms with Gasteiger partial charge in [0.05, 0.1) is 11.4 Å². The van der Waals surface area contributed by atoms with Gasteiger partial charge in [0.15, 0.2) is 0 Å². The summed E-state index contributed by atoms with van der Waals surface area (Å²) in [4.78, 5) is 23.4. The maximum atomic E-state index is 11.8. The Kier molecular flexibility index (Phi) is 6.56. The number of carbonyl (C=O) groups excluding carboxylic acids is 2. The van der Waals surface area contributed by atoms with Crippen LogP contribution < -0.4 is 10.6 Å². The van der Waals surface area contributed by atoms with E-state index < -0.39 is 11.9 Å². The summed E-state index contributed by atoms with van der Waals surface area (Å²) in [5, 5.41) is 17.3. The second-order valence-electron chi connectivity index (χ2n) is 4.97. The van der Waals surface area contributed by atoms with Crippen LogP contribution in [0.3, 0.4) is 0 Å². The second-order valence-corrected chi connectivity index (χ2v) is 6.35. The van der Waals surface area contributed by atoms with Crippen molar-refractivity contribution < 1.29 is 9.59 Å². The summed E-state index contributed by atoms with van der Waals surface area (Å²) in [5.41, 5.74) is 0.724. The lowest BCUT2D eigenvalue weighted by molar-refractivity contribution is -0.117. The monoisotopic (exact) mass is 368 g/mol. The van der Waals surface area contributed by atoms with Gasteiger partial charge in [0.25, 0.3) is 0 Å². The van der Waals surface area contributed by atoms with E-state index in [1.807, 2.05) is 13.8 Å². The SMILES string of the molecule is CC[C@H](C)NC(=O)NC(=O)CSc1nnnn1-c1ccc(Cl)cc1. The van der Waals surface area contributed by atoms with E-state index in [1.54, 1.807) is 24.3 Å². The first-order valence-electron chi connectivity index (χ1n) is 7.27. The van der Waals surface area contributed by atoms with Crippen LogP contribution in [-0.2, 0) is 4.79 Å². The van der Waals surface area contributed by atoms with Crippen molar-refractivity contribution in [3.05, 3.63) is 29.3 Å². The molecular formula is C14H17ClN6O2S. The van der Waals surface area contributed by atoms with Crippen LogP contribution >= 0.6 is 23.4 Å². The van der Waals surface area contributed by atoms with Crippen molar-refractivity contribution in [3.8, 4) is 5.69 Å². The largest absolute Gasteiger partial charge is 0.335 e. The average Bonchev–Trinajstić information content (AvgIpc) is 3.02. The zero-order chi connectivity index (χ0) is 17.5. The number of hydrogen-bond donors (Lipinski definition) is 2. The standard InChI is InChI=1S/C14H17ClN6O2S/c1-3-9(2)16-13(23)17-12(22)8-24-14-18-19-20-21(14)11-6-4-10(15)5-7-11/h4-7,9H,3,8H2,1-2H3,(H2,16,17,22,23)/t9-/m0/s1. The Morgan fingerprint density at radius 2 is 2.04 bits per heavy atom.